The van der Waals surface area contributed by atoms with Crippen molar-refractivity contribution in [2.24, 2.45) is 0 Å². The molecule has 0 saturated heterocycles. The number of carboxylic acids is 3. The average Bonchev–Trinajstić information content (AvgIpc) is 3.23. The standard InChI is InChI=1S/3C16H14O3.Fe/c3*1-2-10-7-8-14-12(15(10)16(17)18)9-11-5-3-4-6-13(11)19-14;/h3*3-8H,2,9H2,1H3,(H,17,18);/q;;;+3/p-3. The summed E-state index contributed by atoms with van der Waals surface area (Å²) in [6.07, 6.45) is 3.71. The van der Waals surface area contributed by atoms with E-state index in [2.05, 4.69) is 0 Å². The molecule has 0 fully saturated rings. The van der Waals surface area contributed by atoms with Crippen molar-refractivity contribution < 1.29 is 61.0 Å². The first-order valence-electron chi connectivity index (χ1n) is 19.0. The Morgan fingerprint density at radius 1 is 0.414 bits per heavy atom. The maximum atomic E-state index is 11.4. The molecule has 0 N–H and O–H groups in total. The summed E-state index contributed by atoms with van der Waals surface area (Å²) in [5.41, 5.74) is 8.42. The van der Waals surface area contributed by atoms with Gasteiger partial charge in [0.05, 0.1) is 17.9 Å². The summed E-state index contributed by atoms with van der Waals surface area (Å²) in [6.45, 7) is 5.81. The molecule has 0 atom stereocenters. The van der Waals surface area contributed by atoms with Gasteiger partial charge in [-0.25, -0.2) is 0 Å². The Morgan fingerprint density at radius 3 is 0.914 bits per heavy atom. The number of rotatable bonds is 6. The van der Waals surface area contributed by atoms with Crippen molar-refractivity contribution in [2.45, 2.75) is 59.3 Å². The molecule has 0 saturated carbocycles. The van der Waals surface area contributed by atoms with Crippen LogP contribution in [0.25, 0.3) is 0 Å². The van der Waals surface area contributed by atoms with Crippen molar-refractivity contribution in [1.29, 1.82) is 0 Å². The van der Waals surface area contributed by atoms with Gasteiger partial charge in [0.1, 0.15) is 34.5 Å². The van der Waals surface area contributed by atoms with Crippen molar-refractivity contribution >= 4 is 17.9 Å². The molecule has 3 aliphatic rings. The van der Waals surface area contributed by atoms with E-state index in [4.69, 9.17) is 14.2 Å². The molecule has 6 aromatic carbocycles. The number of carboxylic acid groups (broad SMARTS) is 3. The van der Waals surface area contributed by atoms with Crippen LogP contribution in [-0.2, 0) is 55.6 Å². The molecule has 0 bridgehead atoms. The van der Waals surface area contributed by atoms with Crippen LogP contribution in [0.3, 0.4) is 0 Å². The van der Waals surface area contributed by atoms with Crippen LogP contribution in [0.2, 0.25) is 0 Å². The molecule has 1 radical (unpaired) electrons. The van der Waals surface area contributed by atoms with Crippen LogP contribution in [0.15, 0.2) is 109 Å². The number of fused-ring (bicyclic) bond motifs is 6. The Hall–Kier alpha value is -6.35. The van der Waals surface area contributed by atoms with Crippen molar-refractivity contribution in [3.05, 3.63) is 176 Å². The average molecular weight is 816 g/mol. The van der Waals surface area contributed by atoms with Gasteiger partial charge in [-0.3, -0.25) is 0 Å². The van der Waals surface area contributed by atoms with Gasteiger partial charge in [-0.1, -0.05) is 93.6 Å². The number of aromatic carboxylic acids is 3. The predicted molar refractivity (Wildman–Crippen MR) is 208 cm³/mol. The van der Waals surface area contributed by atoms with Gasteiger partial charge in [-0.15, -0.1) is 0 Å². The van der Waals surface area contributed by atoms with Crippen molar-refractivity contribution in [3.63, 3.8) is 0 Å². The fourth-order valence-corrected chi connectivity index (χ4v) is 7.67. The van der Waals surface area contributed by atoms with Crippen LogP contribution >= 0.6 is 0 Å². The molecular weight excluding hydrogens is 776 g/mol. The van der Waals surface area contributed by atoms with E-state index in [1.54, 1.807) is 18.2 Å². The van der Waals surface area contributed by atoms with Crippen LogP contribution in [0.4, 0.5) is 0 Å². The molecule has 3 heterocycles. The summed E-state index contributed by atoms with van der Waals surface area (Å²) in [7, 11) is 0. The first-order valence-corrected chi connectivity index (χ1v) is 19.0. The van der Waals surface area contributed by atoms with Crippen molar-refractivity contribution in [2.75, 3.05) is 0 Å². The number of hydrogen-bond acceptors (Lipinski definition) is 9. The topological polar surface area (TPSA) is 148 Å². The monoisotopic (exact) mass is 815 g/mol. The van der Waals surface area contributed by atoms with Crippen LogP contribution in [0.1, 0.15) is 102 Å². The van der Waals surface area contributed by atoms with Crippen LogP contribution in [0.5, 0.6) is 34.5 Å². The Bertz CT molecular complexity index is 2260. The quantitative estimate of drug-likeness (QED) is 0.163. The van der Waals surface area contributed by atoms with Gasteiger partial charge < -0.3 is 43.9 Å². The summed E-state index contributed by atoms with van der Waals surface area (Å²) < 4.78 is 17.3. The molecule has 10 heteroatoms. The number of para-hydroxylation sites is 3. The first-order chi connectivity index (χ1) is 27.6. The molecule has 9 rings (SSSR count). The Labute approximate surface area is 347 Å². The second-order valence-corrected chi connectivity index (χ2v) is 13.8. The van der Waals surface area contributed by atoms with E-state index in [9.17, 15) is 29.7 Å². The molecule has 293 valence electrons. The van der Waals surface area contributed by atoms with E-state index in [1.165, 1.54) is 0 Å². The molecule has 0 aromatic heterocycles. The second-order valence-electron chi connectivity index (χ2n) is 13.8. The van der Waals surface area contributed by atoms with E-state index in [0.717, 1.165) is 67.3 Å². The second kappa shape index (κ2) is 17.8. The fourth-order valence-electron chi connectivity index (χ4n) is 7.67. The van der Waals surface area contributed by atoms with Gasteiger partial charge in [-0.2, -0.15) is 0 Å². The smallest absolute Gasteiger partial charge is 0.545 e. The number of hydrogen-bond donors (Lipinski definition) is 0. The molecule has 6 aromatic rings. The van der Waals surface area contributed by atoms with E-state index >= 15 is 0 Å². The van der Waals surface area contributed by atoms with Gasteiger partial charge in [0.15, 0.2) is 0 Å². The Balaban J connectivity index is 0.000000145. The number of carbonyl (C=O) groups is 3. The zero-order valence-corrected chi connectivity index (χ0v) is 33.3. The molecule has 9 nitrogen and oxygen atoms in total. The van der Waals surface area contributed by atoms with Crippen LogP contribution in [-0.4, -0.2) is 17.9 Å². The largest absolute Gasteiger partial charge is 3.00 e. The third-order valence-corrected chi connectivity index (χ3v) is 10.5. The van der Waals surface area contributed by atoms with Gasteiger partial charge in [-0.05, 0) is 89.0 Å². The number of ether oxygens (including phenoxy) is 3. The number of benzene rings is 6. The number of aryl methyl sites for hydroxylation is 3. The summed E-state index contributed by atoms with van der Waals surface area (Å²) in [5.74, 6) is 0.862. The summed E-state index contributed by atoms with van der Waals surface area (Å²) in [5, 5.41) is 34.2. The summed E-state index contributed by atoms with van der Waals surface area (Å²) in [6, 6.07) is 34.0. The maximum absolute atomic E-state index is 11.4. The minimum Gasteiger partial charge on any atom is -0.545 e. The normalized spacial score (nSPS) is 12.1. The van der Waals surface area contributed by atoms with Gasteiger partial charge in [0, 0.05) is 52.6 Å². The van der Waals surface area contributed by atoms with Crippen molar-refractivity contribution in [3.8, 4) is 34.5 Å². The minimum absolute atomic E-state index is 0. The Morgan fingerprint density at radius 2 is 0.672 bits per heavy atom. The van der Waals surface area contributed by atoms with Crippen LogP contribution in [0, 0.1) is 0 Å². The summed E-state index contributed by atoms with van der Waals surface area (Å²) in [4.78, 5) is 34.2. The third-order valence-electron chi connectivity index (χ3n) is 10.5. The van der Waals surface area contributed by atoms with E-state index < -0.39 is 17.9 Å². The molecule has 0 amide bonds. The van der Waals surface area contributed by atoms with E-state index in [0.29, 0.717) is 55.8 Å². The molecule has 3 aliphatic heterocycles. The predicted octanol–water partition coefficient (Wildman–Crippen LogP) is 6.92. The van der Waals surface area contributed by atoms with Crippen LogP contribution < -0.4 is 29.5 Å². The van der Waals surface area contributed by atoms with Gasteiger partial charge in [0.2, 0.25) is 0 Å². The first kappa shape index (κ1) is 41.3. The van der Waals surface area contributed by atoms with Crippen molar-refractivity contribution in [1.82, 2.24) is 0 Å². The molecular formula is C48H39FeO9. The molecule has 58 heavy (non-hydrogen) atoms. The third kappa shape index (κ3) is 8.21. The fraction of sp³-hybridized carbons (Fsp3) is 0.188. The molecule has 0 spiro atoms. The zero-order chi connectivity index (χ0) is 40.2. The number of carbonyl (C=O) groups excluding carboxylic acids is 3. The zero-order valence-electron chi connectivity index (χ0n) is 32.2. The molecule has 0 aliphatic carbocycles. The summed E-state index contributed by atoms with van der Waals surface area (Å²) >= 11 is 0. The maximum Gasteiger partial charge on any atom is 3.00 e. The van der Waals surface area contributed by atoms with Gasteiger partial charge >= 0.3 is 17.1 Å². The van der Waals surface area contributed by atoms with E-state index in [-0.39, 0.29) is 33.8 Å². The van der Waals surface area contributed by atoms with Gasteiger partial charge in [0.25, 0.3) is 0 Å². The Kier molecular flexibility index (Phi) is 12.7. The molecule has 0 unspecified atom stereocenters. The van der Waals surface area contributed by atoms with E-state index in [1.807, 2.05) is 112 Å². The SMILES string of the molecule is CCc1ccc2c(c1C(=O)[O-])Cc1ccccc1O2.CCc1ccc2c(c1C(=O)[O-])Cc1ccccc1O2.CCc1ccc2c(c1C(=O)[O-])Cc1ccccc1O2.[Fe+3]. The minimum atomic E-state index is -1.13.